The van der Waals surface area contributed by atoms with Gasteiger partial charge in [-0.2, -0.15) is 0 Å². The fourth-order valence-corrected chi connectivity index (χ4v) is 6.09. The zero-order chi connectivity index (χ0) is 31.0. The molecule has 0 spiro atoms. The molecule has 0 radical (unpaired) electrons. The third-order valence-electron chi connectivity index (χ3n) is 8.82. The molecule has 2 aliphatic rings. The molecule has 0 bridgehead atoms. The third-order valence-corrected chi connectivity index (χ3v) is 8.82. The van der Waals surface area contributed by atoms with Crippen LogP contribution in [0.4, 0.5) is 4.39 Å². The maximum atomic E-state index is 13.7. The largest absolute Gasteiger partial charge is 0.388 e. The number of carbonyl (C=O) groups excluding carboxylic acids is 2. The fourth-order valence-electron chi connectivity index (χ4n) is 6.09. The molecule has 44 heavy (non-hydrogen) atoms. The number of Topliss-reactive ketones (excluding diaryl/α,β-unsaturated/α-hetero) is 2. The van der Waals surface area contributed by atoms with Crippen LogP contribution in [-0.2, 0) is 23.7 Å². The summed E-state index contributed by atoms with van der Waals surface area (Å²) in [4.78, 5) is 39.9. The second-order valence-electron chi connectivity index (χ2n) is 11.8. The van der Waals surface area contributed by atoms with E-state index in [9.17, 15) is 14.0 Å². The normalized spacial score (nSPS) is 16.3. The highest BCUT2D eigenvalue weighted by atomic mass is 19.1. The van der Waals surface area contributed by atoms with Gasteiger partial charge in [-0.05, 0) is 48.9 Å². The Morgan fingerprint density at radius 3 is 1.57 bits per heavy atom. The highest BCUT2D eigenvalue weighted by Gasteiger charge is 2.44. The van der Waals surface area contributed by atoms with Crippen LogP contribution >= 0.6 is 0 Å². The lowest BCUT2D eigenvalue weighted by molar-refractivity contribution is 0.0897. The number of aliphatic hydroxyl groups excluding tert-OH is 2. The van der Waals surface area contributed by atoms with Crippen molar-refractivity contribution in [3.63, 3.8) is 0 Å². The van der Waals surface area contributed by atoms with Gasteiger partial charge in [0, 0.05) is 48.5 Å². The van der Waals surface area contributed by atoms with Crippen molar-refractivity contribution < 1.29 is 24.2 Å². The van der Waals surface area contributed by atoms with E-state index in [1.54, 1.807) is 12.1 Å². The van der Waals surface area contributed by atoms with E-state index in [-0.39, 0.29) is 28.2 Å². The molecule has 0 amide bonds. The van der Waals surface area contributed by atoms with Crippen LogP contribution < -0.4 is 0 Å². The molecule has 2 fully saturated rings. The molecule has 2 heterocycles. The topological polar surface area (TPSA) is 126 Å². The van der Waals surface area contributed by atoms with Crippen molar-refractivity contribution in [3.05, 3.63) is 119 Å². The quantitative estimate of drug-likeness (QED) is 0.241. The molecule has 0 aliphatic heterocycles. The lowest BCUT2D eigenvalue weighted by atomic mass is 9.67. The first-order valence-corrected chi connectivity index (χ1v) is 15.1. The average molecular weight is 597 g/mol. The second-order valence-corrected chi connectivity index (χ2v) is 11.8. The first-order chi connectivity index (χ1) is 21.4. The van der Waals surface area contributed by atoms with Crippen molar-refractivity contribution in [3.8, 4) is 0 Å². The molecule has 0 atom stereocenters. The van der Waals surface area contributed by atoms with Crippen LogP contribution in [0.1, 0.15) is 88.4 Å². The Morgan fingerprint density at radius 2 is 1.11 bits per heavy atom. The van der Waals surface area contributed by atoms with Gasteiger partial charge in [-0.15, -0.1) is 0 Å². The number of rotatable bonds is 10. The van der Waals surface area contributed by atoms with Crippen LogP contribution in [-0.4, -0.2) is 54.9 Å². The van der Waals surface area contributed by atoms with E-state index < -0.39 is 13.2 Å². The molecule has 2 N–H and O–H groups in total. The molecule has 6 rings (SSSR count). The smallest absolute Gasteiger partial charge is 0.191 e. The molecule has 228 valence electrons. The van der Waals surface area contributed by atoms with Crippen LogP contribution in [0.25, 0.3) is 0 Å². The van der Waals surface area contributed by atoms with Crippen molar-refractivity contribution in [1.29, 1.82) is 0 Å². The molecule has 0 unspecified atom stereocenters. The van der Waals surface area contributed by atoms with Crippen molar-refractivity contribution in [1.82, 2.24) is 19.9 Å². The van der Waals surface area contributed by atoms with Gasteiger partial charge < -0.3 is 10.2 Å². The van der Waals surface area contributed by atoms with Crippen molar-refractivity contribution in [2.75, 3.05) is 13.2 Å². The molecule has 8 nitrogen and oxygen atoms in total. The first kappa shape index (κ1) is 31.2. The minimum Gasteiger partial charge on any atom is -0.388 e. The molecule has 9 heteroatoms. The molecular formula is C35H37FN4O4. The highest BCUT2D eigenvalue weighted by Crippen LogP contribution is 2.50. The number of nitrogens with zero attached hydrogens (tertiary/aromatic N) is 4. The average Bonchev–Trinajstić information content (AvgIpc) is 3.86. The number of hydrogen-bond acceptors (Lipinski definition) is 8. The maximum absolute atomic E-state index is 13.7. The summed E-state index contributed by atoms with van der Waals surface area (Å²) in [6, 6.07) is 17.3. The van der Waals surface area contributed by atoms with Gasteiger partial charge in [-0.25, -0.2) is 24.3 Å². The van der Waals surface area contributed by atoms with Gasteiger partial charge in [0.1, 0.15) is 30.7 Å². The zero-order valence-electron chi connectivity index (χ0n) is 24.7. The number of ketones is 2. The molecule has 0 saturated heterocycles. The van der Waals surface area contributed by atoms with E-state index in [0.29, 0.717) is 23.4 Å². The van der Waals surface area contributed by atoms with Gasteiger partial charge in [0.15, 0.2) is 11.6 Å². The van der Waals surface area contributed by atoms with E-state index in [2.05, 4.69) is 44.2 Å². The van der Waals surface area contributed by atoms with Gasteiger partial charge >= 0.3 is 0 Å². The third kappa shape index (κ3) is 7.46. The lowest BCUT2D eigenvalue weighted by Crippen LogP contribution is -2.32. The van der Waals surface area contributed by atoms with Crippen LogP contribution in [0.3, 0.4) is 0 Å². The Hall–Kier alpha value is -4.21. The number of aliphatic hydroxyl groups is 2. The summed E-state index contributed by atoms with van der Waals surface area (Å²) in [5, 5.41) is 17.7. The maximum Gasteiger partial charge on any atom is 0.191 e. The molecule has 2 saturated carbocycles. The second kappa shape index (κ2) is 14.1. The van der Waals surface area contributed by atoms with Crippen LogP contribution in [0, 0.1) is 5.82 Å². The molecule has 4 aromatic rings. The Bertz CT molecular complexity index is 1550. The minimum atomic E-state index is -0.546. The van der Waals surface area contributed by atoms with Gasteiger partial charge in [0.05, 0.1) is 11.1 Å². The molecule has 2 aromatic carbocycles. The Morgan fingerprint density at radius 1 is 0.636 bits per heavy atom. The zero-order valence-corrected chi connectivity index (χ0v) is 24.7. The fraction of sp³-hybridized carbons (Fsp3) is 0.371. The summed E-state index contributed by atoms with van der Waals surface area (Å²) in [5.41, 5.74) is 3.03. The first-order valence-electron chi connectivity index (χ1n) is 15.1. The van der Waals surface area contributed by atoms with E-state index in [0.717, 1.165) is 56.3 Å². The summed E-state index contributed by atoms with van der Waals surface area (Å²) < 4.78 is 13.7. The highest BCUT2D eigenvalue weighted by molar-refractivity contribution is 5.96. The summed E-state index contributed by atoms with van der Waals surface area (Å²) in [6.45, 7) is -1.05. The van der Waals surface area contributed by atoms with E-state index in [1.807, 2.05) is 12.1 Å². The monoisotopic (exact) mass is 596 g/mol. The van der Waals surface area contributed by atoms with Crippen molar-refractivity contribution >= 4 is 11.6 Å². The number of carbonyl (C=O) groups is 2. The number of aromatic nitrogens is 4. The number of benzene rings is 2. The van der Waals surface area contributed by atoms with Gasteiger partial charge in [-0.1, -0.05) is 61.7 Å². The molecule has 2 aliphatic carbocycles. The predicted octanol–water partition coefficient (Wildman–Crippen LogP) is 5.16. The summed E-state index contributed by atoms with van der Waals surface area (Å²) in [6.07, 6.45) is 15.0. The van der Waals surface area contributed by atoms with E-state index in [4.69, 9.17) is 10.2 Å². The van der Waals surface area contributed by atoms with Crippen molar-refractivity contribution in [2.45, 2.75) is 68.6 Å². The van der Waals surface area contributed by atoms with Crippen LogP contribution in [0.15, 0.2) is 79.4 Å². The summed E-state index contributed by atoms with van der Waals surface area (Å²) in [5.74, 6) is 0.443. The van der Waals surface area contributed by atoms with E-state index in [1.165, 1.54) is 42.8 Å². The number of hydrogen-bond donors (Lipinski definition) is 2. The minimum absolute atomic E-state index is 0.150. The van der Waals surface area contributed by atoms with Crippen LogP contribution in [0.5, 0.6) is 0 Å². The predicted molar refractivity (Wildman–Crippen MR) is 163 cm³/mol. The molecule has 2 aromatic heterocycles. The summed E-state index contributed by atoms with van der Waals surface area (Å²) in [7, 11) is 0. The van der Waals surface area contributed by atoms with Crippen molar-refractivity contribution in [2.24, 2.45) is 0 Å². The Balaban J connectivity index is 0.000000177. The Kier molecular flexibility index (Phi) is 9.97. The molecular weight excluding hydrogens is 559 g/mol. The Labute approximate surface area is 256 Å². The standard InChI is InChI=1S/C19H21FN2O2.C16H16N2O2/c20-16-6-4-5-15(9-16)19(7-2-1-3-8-19)10-18-21-11-14(12-22-18)17(24)13-23;19-11-14(20)12-9-17-15(18-10-12)8-16(6-7-16)13-4-2-1-3-5-13/h4-6,9,11-12,23H,1-3,7-8,10,13H2;1-5,9-10,19H,6-8,11H2. The SMILES string of the molecule is O=C(CO)c1cnc(CC2(c3cccc(F)c3)CCCCC2)nc1.O=C(CO)c1cnc(CC2(c3ccccc3)CC2)nc1. The van der Waals surface area contributed by atoms with Gasteiger partial charge in [0.25, 0.3) is 0 Å². The lowest BCUT2D eigenvalue weighted by Gasteiger charge is -2.37. The van der Waals surface area contributed by atoms with Gasteiger partial charge in [0.2, 0.25) is 0 Å². The number of halogens is 1. The van der Waals surface area contributed by atoms with Gasteiger partial charge in [-0.3, -0.25) is 9.59 Å². The summed E-state index contributed by atoms with van der Waals surface area (Å²) >= 11 is 0. The van der Waals surface area contributed by atoms with Crippen LogP contribution in [0.2, 0.25) is 0 Å². The van der Waals surface area contributed by atoms with E-state index >= 15 is 0 Å².